The Hall–Kier alpha value is -1.32. The van der Waals surface area contributed by atoms with Gasteiger partial charge in [-0.3, -0.25) is 4.79 Å². The lowest BCUT2D eigenvalue weighted by atomic mass is 10.1. The minimum Gasteiger partial charge on any atom is -0.545 e. The SMILES string of the molecule is CCCCCCCCCCNC(=O)C=CC(=O)[O-]. The molecule has 0 aliphatic heterocycles. The summed E-state index contributed by atoms with van der Waals surface area (Å²) in [4.78, 5) is 21.1. The van der Waals surface area contributed by atoms with E-state index in [1.807, 2.05) is 0 Å². The van der Waals surface area contributed by atoms with Gasteiger partial charge in [0.05, 0.1) is 5.97 Å². The highest BCUT2D eigenvalue weighted by Crippen LogP contribution is 2.07. The molecule has 0 aromatic rings. The lowest BCUT2D eigenvalue weighted by molar-refractivity contribution is -0.297. The summed E-state index contributed by atoms with van der Waals surface area (Å²) < 4.78 is 0. The van der Waals surface area contributed by atoms with Gasteiger partial charge in [-0.25, -0.2) is 0 Å². The summed E-state index contributed by atoms with van der Waals surface area (Å²) in [5, 5.41) is 12.7. The van der Waals surface area contributed by atoms with E-state index in [-0.39, 0.29) is 5.91 Å². The van der Waals surface area contributed by atoms with E-state index in [4.69, 9.17) is 0 Å². The van der Waals surface area contributed by atoms with Crippen molar-refractivity contribution in [3.63, 3.8) is 0 Å². The Labute approximate surface area is 109 Å². The molecule has 4 nitrogen and oxygen atoms in total. The van der Waals surface area contributed by atoms with Gasteiger partial charge in [-0.1, -0.05) is 51.9 Å². The molecule has 0 fully saturated rings. The predicted molar refractivity (Wildman–Crippen MR) is 69.8 cm³/mol. The van der Waals surface area contributed by atoms with Crippen LogP contribution in [0.4, 0.5) is 0 Å². The van der Waals surface area contributed by atoms with Crippen LogP contribution < -0.4 is 10.4 Å². The molecule has 0 heterocycles. The van der Waals surface area contributed by atoms with Crippen molar-refractivity contribution in [1.29, 1.82) is 0 Å². The Morgan fingerprint density at radius 3 is 2.06 bits per heavy atom. The van der Waals surface area contributed by atoms with Crippen molar-refractivity contribution in [2.45, 2.75) is 58.3 Å². The van der Waals surface area contributed by atoms with E-state index >= 15 is 0 Å². The van der Waals surface area contributed by atoms with Crippen LogP contribution in [0, 0.1) is 0 Å². The molecular weight excluding hydrogens is 230 g/mol. The van der Waals surface area contributed by atoms with Crippen LogP contribution in [-0.4, -0.2) is 18.4 Å². The molecule has 0 radical (unpaired) electrons. The quantitative estimate of drug-likeness (QED) is 0.449. The second kappa shape index (κ2) is 12.1. The molecule has 0 spiro atoms. The first-order valence-corrected chi connectivity index (χ1v) is 6.83. The number of hydrogen-bond acceptors (Lipinski definition) is 3. The van der Waals surface area contributed by atoms with E-state index in [0.717, 1.165) is 25.0 Å². The minimum absolute atomic E-state index is 0.373. The number of carboxylic acid groups (broad SMARTS) is 1. The Morgan fingerprint density at radius 2 is 1.50 bits per heavy atom. The third kappa shape index (κ3) is 12.7. The standard InChI is InChI=1S/C14H25NO3/c1-2-3-4-5-6-7-8-9-12-15-13(16)10-11-14(17)18/h10-11H,2-9,12H2,1H3,(H,15,16)(H,17,18)/p-1. The van der Waals surface area contributed by atoms with Gasteiger partial charge in [0, 0.05) is 12.6 Å². The van der Waals surface area contributed by atoms with Crippen LogP contribution in [0.15, 0.2) is 12.2 Å². The number of amides is 1. The van der Waals surface area contributed by atoms with E-state index in [1.165, 1.54) is 38.5 Å². The summed E-state index contributed by atoms with van der Waals surface area (Å²) in [6.45, 7) is 2.81. The molecule has 0 aromatic carbocycles. The van der Waals surface area contributed by atoms with Gasteiger partial charge in [0.1, 0.15) is 0 Å². The number of nitrogens with one attached hydrogen (secondary N) is 1. The summed E-state index contributed by atoms with van der Waals surface area (Å²) in [5.74, 6) is -1.72. The highest BCUT2D eigenvalue weighted by atomic mass is 16.4. The molecule has 0 unspecified atom stereocenters. The summed E-state index contributed by atoms with van der Waals surface area (Å²) in [6, 6.07) is 0. The molecule has 0 atom stereocenters. The fraction of sp³-hybridized carbons (Fsp3) is 0.714. The summed E-state index contributed by atoms with van der Waals surface area (Å²) in [5.41, 5.74) is 0. The average Bonchev–Trinajstić information content (AvgIpc) is 2.34. The normalized spacial score (nSPS) is 10.7. The molecule has 18 heavy (non-hydrogen) atoms. The second-order valence-corrected chi connectivity index (χ2v) is 4.42. The van der Waals surface area contributed by atoms with Crippen LogP contribution in [0.3, 0.4) is 0 Å². The maximum atomic E-state index is 11.1. The van der Waals surface area contributed by atoms with Gasteiger partial charge >= 0.3 is 0 Å². The predicted octanol–water partition coefficient (Wildman–Crippen LogP) is 1.55. The van der Waals surface area contributed by atoms with Crippen molar-refractivity contribution >= 4 is 11.9 Å². The second-order valence-electron chi connectivity index (χ2n) is 4.42. The average molecular weight is 254 g/mol. The number of carbonyl (C=O) groups excluding carboxylic acids is 2. The monoisotopic (exact) mass is 254 g/mol. The van der Waals surface area contributed by atoms with Crippen LogP contribution >= 0.6 is 0 Å². The van der Waals surface area contributed by atoms with Gasteiger partial charge in [-0.15, -0.1) is 0 Å². The summed E-state index contributed by atoms with van der Waals surface area (Å²) >= 11 is 0. The Balaban J connectivity index is 3.25. The third-order valence-corrected chi connectivity index (χ3v) is 2.70. The zero-order valence-electron chi connectivity index (χ0n) is 11.2. The molecule has 0 saturated heterocycles. The van der Waals surface area contributed by atoms with E-state index < -0.39 is 5.97 Å². The molecule has 0 aliphatic carbocycles. The molecule has 0 aromatic heterocycles. The molecule has 0 rings (SSSR count). The number of aliphatic carboxylic acids is 1. The maximum absolute atomic E-state index is 11.1. The zero-order chi connectivity index (χ0) is 13.6. The number of carbonyl (C=O) groups is 2. The molecule has 1 amide bonds. The Kier molecular flexibility index (Phi) is 11.3. The van der Waals surface area contributed by atoms with Crippen LogP contribution in [0.25, 0.3) is 0 Å². The van der Waals surface area contributed by atoms with Crippen molar-refractivity contribution in [2.24, 2.45) is 0 Å². The van der Waals surface area contributed by atoms with Crippen LogP contribution in [0.5, 0.6) is 0 Å². The van der Waals surface area contributed by atoms with E-state index in [2.05, 4.69) is 12.2 Å². The molecule has 1 N–H and O–H groups in total. The number of carboxylic acids is 1. The summed E-state index contributed by atoms with van der Waals surface area (Å²) in [6.07, 6.45) is 11.5. The van der Waals surface area contributed by atoms with E-state index in [0.29, 0.717) is 6.54 Å². The highest BCUT2D eigenvalue weighted by Gasteiger charge is 1.95. The fourth-order valence-corrected chi connectivity index (χ4v) is 1.67. The summed E-state index contributed by atoms with van der Waals surface area (Å²) in [7, 11) is 0. The molecule has 104 valence electrons. The van der Waals surface area contributed by atoms with Gasteiger partial charge in [0.25, 0.3) is 0 Å². The number of unbranched alkanes of at least 4 members (excludes halogenated alkanes) is 7. The lowest BCUT2D eigenvalue weighted by Crippen LogP contribution is -2.24. The topological polar surface area (TPSA) is 69.2 Å². The van der Waals surface area contributed by atoms with E-state index in [1.54, 1.807) is 0 Å². The van der Waals surface area contributed by atoms with Crippen molar-refractivity contribution in [1.82, 2.24) is 5.32 Å². The van der Waals surface area contributed by atoms with Crippen LogP contribution in [0.1, 0.15) is 58.3 Å². The van der Waals surface area contributed by atoms with Gasteiger partial charge < -0.3 is 15.2 Å². The molecule has 0 aliphatic rings. The van der Waals surface area contributed by atoms with Gasteiger partial charge in [-0.05, 0) is 12.5 Å². The first-order chi connectivity index (χ1) is 8.66. The van der Waals surface area contributed by atoms with Crippen molar-refractivity contribution in [2.75, 3.05) is 6.54 Å². The highest BCUT2D eigenvalue weighted by molar-refractivity contribution is 5.93. The number of hydrogen-bond donors (Lipinski definition) is 1. The Morgan fingerprint density at radius 1 is 0.944 bits per heavy atom. The first-order valence-electron chi connectivity index (χ1n) is 6.83. The number of rotatable bonds is 11. The minimum atomic E-state index is -1.35. The van der Waals surface area contributed by atoms with Gasteiger partial charge in [0.2, 0.25) is 5.91 Å². The lowest BCUT2D eigenvalue weighted by Gasteiger charge is -2.03. The van der Waals surface area contributed by atoms with Crippen LogP contribution in [0.2, 0.25) is 0 Å². The zero-order valence-corrected chi connectivity index (χ0v) is 11.2. The largest absolute Gasteiger partial charge is 0.545 e. The van der Waals surface area contributed by atoms with Crippen molar-refractivity contribution in [3.8, 4) is 0 Å². The van der Waals surface area contributed by atoms with Crippen molar-refractivity contribution in [3.05, 3.63) is 12.2 Å². The van der Waals surface area contributed by atoms with Gasteiger partial charge in [0.15, 0.2) is 0 Å². The maximum Gasteiger partial charge on any atom is 0.244 e. The molecule has 0 saturated carbocycles. The molecule has 4 heteroatoms. The van der Waals surface area contributed by atoms with Gasteiger partial charge in [-0.2, -0.15) is 0 Å². The van der Waals surface area contributed by atoms with Crippen LogP contribution in [-0.2, 0) is 9.59 Å². The smallest absolute Gasteiger partial charge is 0.244 e. The first kappa shape index (κ1) is 16.7. The third-order valence-electron chi connectivity index (χ3n) is 2.70. The fourth-order valence-electron chi connectivity index (χ4n) is 1.67. The van der Waals surface area contributed by atoms with Crippen molar-refractivity contribution < 1.29 is 14.7 Å². The molecular formula is C14H24NO3-. The Bertz CT molecular complexity index is 262. The molecule has 0 bridgehead atoms. The van der Waals surface area contributed by atoms with E-state index in [9.17, 15) is 14.7 Å².